The van der Waals surface area contributed by atoms with Gasteiger partial charge in [-0.15, -0.1) is 11.3 Å². The van der Waals surface area contributed by atoms with Crippen LogP contribution < -0.4 is 4.90 Å². The minimum Gasteiger partial charge on any atom is -0.378 e. The molecular weight excluding hydrogens is 408 g/mol. The summed E-state index contributed by atoms with van der Waals surface area (Å²) in [7, 11) is 0. The number of rotatable bonds is 5. The van der Waals surface area contributed by atoms with Crippen molar-refractivity contribution >= 4 is 39.0 Å². The van der Waals surface area contributed by atoms with Crippen molar-refractivity contribution in [1.29, 1.82) is 0 Å². The molecule has 3 aromatic rings. The molecule has 0 aromatic carbocycles. The lowest BCUT2D eigenvalue weighted by Gasteiger charge is -2.31. The Labute approximate surface area is 179 Å². The molecule has 2 saturated heterocycles. The van der Waals surface area contributed by atoms with Crippen molar-refractivity contribution in [3.63, 3.8) is 0 Å². The Balaban J connectivity index is 1.26. The second-order valence-electron chi connectivity index (χ2n) is 7.82. The van der Waals surface area contributed by atoms with Crippen LogP contribution in [0.1, 0.15) is 17.7 Å². The van der Waals surface area contributed by atoms with E-state index in [4.69, 9.17) is 16.3 Å². The Morgan fingerprint density at radius 2 is 1.97 bits per heavy atom. The molecular formula is C20H25ClN6OS. The van der Waals surface area contributed by atoms with Gasteiger partial charge in [0.2, 0.25) is 5.28 Å². The van der Waals surface area contributed by atoms with E-state index in [1.807, 2.05) is 12.5 Å². The highest BCUT2D eigenvalue weighted by atomic mass is 35.5. The van der Waals surface area contributed by atoms with Crippen molar-refractivity contribution in [2.75, 3.05) is 44.3 Å². The highest BCUT2D eigenvalue weighted by molar-refractivity contribution is 7.19. The van der Waals surface area contributed by atoms with E-state index in [1.165, 1.54) is 17.7 Å². The standard InChI is InChI=1S/C20H25ClN6OS/c21-20-23-17-11-16(29-18(17)19(24-20)27-7-9-28-10-8-27)13-25-4-1-15(2-5-25)12-26-6-3-22-14-26/h3,6,11,14-15H,1-2,4-5,7-10,12-13H2. The first-order chi connectivity index (χ1) is 14.2. The normalized spacial score (nSPS) is 19.3. The second kappa shape index (κ2) is 8.55. The van der Waals surface area contributed by atoms with E-state index in [0.717, 1.165) is 74.4 Å². The van der Waals surface area contributed by atoms with E-state index < -0.39 is 0 Å². The van der Waals surface area contributed by atoms with Crippen LogP contribution in [0.15, 0.2) is 24.8 Å². The van der Waals surface area contributed by atoms with Gasteiger partial charge in [0.1, 0.15) is 0 Å². The van der Waals surface area contributed by atoms with E-state index in [-0.39, 0.29) is 0 Å². The number of halogens is 1. The molecule has 0 N–H and O–H groups in total. The zero-order valence-electron chi connectivity index (χ0n) is 16.3. The molecule has 0 radical (unpaired) electrons. The zero-order valence-corrected chi connectivity index (χ0v) is 17.9. The van der Waals surface area contributed by atoms with E-state index in [0.29, 0.717) is 5.28 Å². The summed E-state index contributed by atoms with van der Waals surface area (Å²) in [5, 5.41) is 0.323. The molecule has 5 rings (SSSR count). The number of morpholine rings is 1. The van der Waals surface area contributed by atoms with Gasteiger partial charge in [-0.1, -0.05) is 0 Å². The highest BCUT2D eigenvalue weighted by Crippen LogP contribution is 2.34. The Morgan fingerprint density at radius 3 is 2.72 bits per heavy atom. The molecule has 154 valence electrons. The van der Waals surface area contributed by atoms with Crippen molar-refractivity contribution in [2.45, 2.75) is 25.9 Å². The summed E-state index contributed by atoms with van der Waals surface area (Å²) in [6.07, 6.45) is 8.29. The van der Waals surface area contributed by atoms with Crippen LogP contribution in [0.25, 0.3) is 10.2 Å². The molecule has 29 heavy (non-hydrogen) atoms. The molecule has 2 aliphatic heterocycles. The number of anilines is 1. The molecule has 2 fully saturated rings. The van der Waals surface area contributed by atoms with Gasteiger partial charge in [0.15, 0.2) is 5.82 Å². The van der Waals surface area contributed by atoms with Crippen LogP contribution >= 0.6 is 22.9 Å². The van der Waals surface area contributed by atoms with Crippen molar-refractivity contribution in [3.8, 4) is 0 Å². The maximum Gasteiger partial charge on any atom is 0.224 e. The summed E-state index contributed by atoms with van der Waals surface area (Å²) >= 11 is 8.03. The number of thiophene rings is 1. The quantitative estimate of drug-likeness (QED) is 0.576. The third-order valence-corrected chi connectivity index (χ3v) is 7.08. The Bertz CT molecular complexity index is 947. The van der Waals surface area contributed by atoms with Crippen LogP contribution in [0.3, 0.4) is 0 Å². The topological polar surface area (TPSA) is 59.3 Å². The number of likely N-dealkylation sites (tertiary alicyclic amines) is 1. The maximum atomic E-state index is 6.23. The number of aromatic nitrogens is 4. The molecule has 0 spiro atoms. The summed E-state index contributed by atoms with van der Waals surface area (Å²) in [6, 6.07) is 2.19. The number of piperidine rings is 1. The van der Waals surface area contributed by atoms with Crippen LogP contribution in [-0.2, 0) is 17.8 Å². The molecule has 0 amide bonds. The van der Waals surface area contributed by atoms with Gasteiger partial charge < -0.3 is 14.2 Å². The smallest absolute Gasteiger partial charge is 0.224 e. The number of imidazole rings is 1. The van der Waals surface area contributed by atoms with E-state index in [1.54, 1.807) is 11.3 Å². The molecule has 7 nitrogen and oxygen atoms in total. The molecule has 0 atom stereocenters. The Morgan fingerprint density at radius 1 is 1.14 bits per heavy atom. The minimum atomic E-state index is 0.323. The first-order valence-electron chi connectivity index (χ1n) is 10.2. The third kappa shape index (κ3) is 4.40. The second-order valence-corrected chi connectivity index (χ2v) is 9.30. The van der Waals surface area contributed by atoms with Gasteiger partial charge in [0, 0.05) is 43.4 Å². The Kier molecular flexibility index (Phi) is 5.67. The monoisotopic (exact) mass is 432 g/mol. The number of nitrogens with zero attached hydrogens (tertiary/aromatic N) is 6. The van der Waals surface area contributed by atoms with Crippen LogP contribution in [-0.4, -0.2) is 63.8 Å². The summed E-state index contributed by atoms with van der Waals surface area (Å²) in [5.41, 5.74) is 0.960. The van der Waals surface area contributed by atoms with Crippen LogP contribution in [0.2, 0.25) is 5.28 Å². The summed E-state index contributed by atoms with van der Waals surface area (Å²) in [5.74, 6) is 1.69. The summed E-state index contributed by atoms with van der Waals surface area (Å²) < 4.78 is 8.82. The molecule has 0 unspecified atom stereocenters. The van der Waals surface area contributed by atoms with E-state index >= 15 is 0 Å². The maximum absolute atomic E-state index is 6.23. The first kappa shape index (κ1) is 19.2. The number of hydrogen-bond donors (Lipinski definition) is 0. The summed E-state index contributed by atoms with van der Waals surface area (Å²) in [4.78, 5) is 19.3. The number of ether oxygens (including phenoxy) is 1. The van der Waals surface area contributed by atoms with Crippen LogP contribution in [0.5, 0.6) is 0 Å². The van der Waals surface area contributed by atoms with Gasteiger partial charge in [0.25, 0.3) is 0 Å². The Hall–Kier alpha value is -1.74. The van der Waals surface area contributed by atoms with Crippen LogP contribution in [0, 0.1) is 5.92 Å². The zero-order chi connectivity index (χ0) is 19.6. The molecule has 0 bridgehead atoms. The molecule has 0 saturated carbocycles. The fraction of sp³-hybridized carbons (Fsp3) is 0.550. The van der Waals surface area contributed by atoms with Gasteiger partial charge in [-0.25, -0.2) is 9.97 Å². The predicted molar refractivity (Wildman–Crippen MR) is 116 cm³/mol. The van der Waals surface area contributed by atoms with Gasteiger partial charge in [-0.3, -0.25) is 4.90 Å². The molecule has 0 aliphatic carbocycles. The van der Waals surface area contributed by atoms with Gasteiger partial charge >= 0.3 is 0 Å². The lowest BCUT2D eigenvalue weighted by Crippen LogP contribution is -2.36. The fourth-order valence-corrected chi connectivity index (χ4v) is 5.57. The molecule has 9 heteroatoms. The predicted octanol–water partition coefficient (Wildman–Crippen LogP) is 3.29. The molecule has 3 aromatic heterocycles. The lowest BCUT2D eigenvalue weighted by atomic mass is 9.97. The average Bonchev–Trinajstić information content (AvgIpc) is 3.39. The van der Waals surface area contributed by atoms with Gasteiger partial charge in [-0.05, 0) is 49.5 Å². The van der Waals surface area contributed by atoms with E-state index in [9.17, 15) is 0 Å². The number of hydrogen-bond acceptors (Lipinski definition) is 7. The highest BCUT2D eigenvalue weighted by Gasteiger charge is 2.22. The first-order valence-corrected chi connectivity index (χ1v) is 11.4. The largest absolute Gasteiger partial charge is 0.378 e. The third-order valence-electron chi connectivity index (χ3n) is 5.80. The van der Waals surface area contributed by atoms with E-state index in [2.05, 4.69) is 41.6 Å². The number of fused-ring (bicyclic) bond motifs is 1. The molecule has 5 heterocycles. The molecule has 2 aliphatic rings. The van der Waals surface area contributed by atoms with Crippen molar-refractivity contribution in [1.82, 2.24) is 24.4 Å². The van der Waals surface area contributed by atoms with Crippen molar-refractivity contribution in [2.24, 2.45) is 5.92 Å². The minimum absolute atomic E-state index is 0.323. The van der Waals surface area contributed by atoms with Gasteiger partial charge in [-0.2, -0.15) is 4.98 Å². The SMILES string of the molecule is Clc1nc(N2CCOCC2)c2sc(CN3CCC(Cn4ccnc4)CC3)cc2n1. The fourth-order valence-electron chi connectivity index (χ4n) is 4.24. The average molecular weight is 433 g/mol. The summed E-state index contributed by atoms with van der Waals surface area (Å²) in [6.45, 7) is 7.48. The van der Waals surface area contributed by atoms with Crippen molar-refractivity contribution < 1.29 is 4.74 Å². The lowest BCUT2D eigenvalue weighted by molar-refractivity contribution is 0.122. The van der Waals surface area contributed by atoms with Crippen LogP contribution in [0.4, 0.5) is 5.82 Å². The van der Waals surface area contributed by atoms with Crippen molar-refractivity contribution in [3.05, 3.63) is 34.9 Å². The van der Waals surface area contributed by atoms with Gasteiger partial charge in [0.05, 0.1) is 29.8 Å².